The first-order valence-electron chi connectivity index (χ1n) is 11.0. The van der Waals surface area contributed by atoms with Gasteiger partial charge in [0.2, 0.25) is 15.9 Å². The number of aromatic amines is 1. The van der Waals surface area contributed by atoms with Crippen molar-refractivity contribution in [1.29, 1.82) is 0 Å². The second-order valence-electron chi connectivity index (χ2n) is 8.07. The quantitative estimate of drug-likeness (QED) is 0.564. The highest BCUT2D eigenvalue weighted by Crippen LogP contribution is 2.30. The van der Waals surface area contributed by atoms with E-state index in [1.54, 1.807) is 27.9 Å². The number of amides is 1. The standard InChI is InChI=1S/C23H31N3O6S/c1-5-32-23(28)20-15(2)25-16(3)21(20)33(29,30)26-11-7-9-18(14-26)22(27)24-13-17-8-6-10-19(12-17)31-4/h6,8,10,12,18,25H,5,7,9,11,13-14H2,1-4H3,(H,24,27)/t18-/m1/s1. The predicted octanol–water partition coefficient (Wildman–Crippen LogP) is 2.53. The normalized spacial score (nSPS) is 16.9. The third-order valence-corrected chi connectivity index (χ3v) is 7.79. The van der Waals surface area contributed by atoms with Crippen molar-refractivity contribution >= 4 is 21.9 Å². The molecule has 2 heterocycles. The number of nitrogens with one attached hydrogen (secondary N) is 2. The molecular weight excluding hydrogens is 446 g/mol. The van der Waals surface area contributed by atoms with Gasteiger partial charge in [-0.05, 0) is 51.3 Å². The fraction of sp³-hybridized carbons (Fsp3) is 0.478. The Morgan fingerprint density at radius 1 is 1.24 bits per heavy atom. The van der Waals surface area contributed by atoms with E-state index in [4.69, 9.17) is 9.47 Å². The van der Waals surface area contributed by atoms with E-state index in [-0.39, 0.29) is 36.1 Å². The van der Waals surface area contributed by atoms with Crippen LogP contribution in [0.1, 0.15) is 47.1 Å². The molecule has 33 heavy (non-hydrogen) atoms. The van der Waals surface area contributed by atoms with E-state index in [1.165, 1.54) is 4.31 Å². The molecule has 1 atom stereocenters. The minimum Gasteiger partial charge on any atom is -0.497 e. The van der Waals surface area contributed by atoms with Gasteiger partial charge in [0.1, 0.15) is 16.2 Å². The number of sulfonamides is 1. The van der Waals surface area contributed by atoms with E-state index in [0.717, 1.165) is 5.56 Å². The lowest BCUT2D eigenvalue weighted by Gasteiger charge is -2.31. The molecule has 9 nitrogen and oxygen atoms in total. The number of esters is 1. The number of benzene rings is 1. The number of ether oxygens (including phenoxy) is 2. The fourth-order valence-corrected chi connectivity index (χ4v) is 6.09. The van der Waals surface area contributed by atoms with Gasteiger partial charge in [-0.2, -0.15) is 4.31 Å². The van der Waals surface area contributed by atoms with Crippen molar-refractivity contribution in [3.8, 4) is 5.75 Å². The third kappa shape index (κ3) is 5.39. The largest absolute Gasteiger partial charge is 0.497 e. The second kappa shape index (κ2) is 10.4. The lowest BCUT2D eigenvalue weighted by molar-refractivity contribution is -0.126. The summed E-state index contributed by atoms with van der Waals surface area (Å²) in [5.41, 5.74) is 1.73. The molecule has 2 N–H and O–H groups in total. The Kier molecular flexibility index (Phi) is 7.80. The van der Waals surface area contributed by atoms with Crippen molar-refractivity contribution in [3.63, 3.8) is 0 Å². The Bertz CT molecular complexity index is 1130. The van der Waals surface area contributed by atoms with E-state index >= 15 is 0 Å². The maximum absolute atomic E-state index is 13.5. The molecule has 1 aromatic heterocycles. The van der Waals surface area contributed by atoms with Crippen LogP contribution >= 0.6 is 0 Å². The van der Waals surface area contributed by atoms with Crippen LogP contribution in [0, 0.1) is 19.8 Å². The summed E-state index contributed by atoms with van der Waals surface area (Å²) in [6, 6.07) is 7.39. The van der Waals surface area contributed by atoms with Crippen LogP contribution in [0.3, 0.4) is 0 Å². The molecule has 180 valence electrons. The molecule has 1 aliphatic rings. The second-order valence-corrected chi connectivity index (χ2v) is 9.95. The van der Waals surface area contributed by atoms with E-state index in [0.29, 0.717) is 36.5 Å². The van der Waals surface area contributed by atoms with E-state index in [2.05, 4.69) is 10.3 Å². The predicted molar refractivity (Wildman–Crippen MR) is 123 cm³/mol. The number of methoxy groups -OCH3 is 1. The van der Waals surface area contributed by atoms with Crippen molar-refractivity contribution in [2.75, 3.05) is 26.8 Å². The first-order valence-corrected chi connectivity index (χ1v) is 12.4. The maximum Gasteiger partial charge on any atom is 0.341 e. The fourth-order valence-electron chi connectivity index (χ4n) is 4.15. The Morgan fingerprint density at radius 3 is 2.70 bits per heavy atom. The smallest absolute Gasteiger partial charge is 0.341 e. The lowest BCUT2D eigenvalue weighted by Crippen LogP contribution is -2.45. The molecule has 1 aromatic carbocycles. The summed E-state index contributed by atoms with van der Waals surface area (Å²) in [4.78, 5) is 28.2. The molecule has 10 heteroatoms. The Morgan fingerprint density at radius 2 is 2.00 bits per heavy atom. The number of hydrogen-bond donors (Lipinski definition) is 2. The topological polar surface area (TPSA) is 118 Å². The van der Waals surface area contributed by atoms with Crippen molar-refractivity contribution in [3.05, 3.63) is 46.8 Å². The molecule has 0 bridgehead atoms. The summed E-state index contributed by atoms with van der Waals surface area (Å²) in [5, 5.41) is 2.90. The molecule has 0 saturated carbocycles. The van der Waals surface area contributed by atoms with Gasteiger partial charge in [0, 0.05) is 31.0 Å². The van der Waals surface area contributed by atoms with Gasteiger partial charge >= 0.3 is 5.97 Å². The van der Waals surface area contributed by atoms with Gasteiger partial charge in [-0.25, -0.2) is 13.2 Å². The Balaban J connectivity index is 1.75. The molecule has 1 amide bonds. The summed E-state index contributed by atoms with van der Waals surface area (Å²) >= 11 is 0. The zero-order valence-corrected chi connectivity index (χ0v) is 20.3. The number of H-pyrrole nitrogens is 1. The number of carbonyl (C=O) groups excluding carboxylic acids is 2. The molecule has 0 radical (unpaired) electrons. The number of piperidine rings is 1. The van der Waals surface area contributed by atoms with Gasteiger partial charge in [0.25, 0.3) is 0 Å². The van der Waals surface area contributed by atoms with Crippen LogP contribution in [0.4, 0.5) is 0 Å². The van der Waals surface area contributed by atoms with Gasteiger partial charge in [-0.1, -0.05) is 12.1 Å². The first-order chi connectivity index (χ1) is 15.7. The molecule has 0 unspecified atom stereocenters. The van der Waals surface area contributed by atoms with Crippen LogP contribution in [-0.2, 0) is 26.1 Å². The van der Waals surface area contributed by atoms with Crippen LogP contribution < -0.4 is 10.1 Å². The molecule has 1 fully saturated rings. The van der Waals surface area contributed by atoms with E-state index < -0.39 is 21.9 Å². The summed E-state index contributed by atoms with van der Waals surface area (Å²) < 4.78 is 38.6. The number of nitrogens with zero attached hydrogens (tertiary/aromatic N) is 1. The SMILES string of the molecule is CCOC(=O)c1c(C)[nH]c(C)c1S(=O)(=O)N1CCC[C@@H](C(=O)NCc2cccc(OC)c2)C1. The van der Waals surface area contributed by atoms with Gasteiger partial charge in [-0.15, -0.1) is 0 Å². The minimum absolute atomic E-state index is 0.0268. The van der Waals surface area contributed by atoms with Crippen LogP contribution in [0.5, 0.6) is 5.75 Å². The highest BCUT2D eigenvalue weighted by Gasteiger charge is 2.38. The molecule has 0 spiro atoms. The molecule has 3 rings (SSSR count). The average molecular weight is 478 g/mol. The monoisotopic (exact) mass is 477 g/mol. The van der Waals surface area contributed by atoms with E-state index in [1.807, 2.05) is 24.3 Å². The van der Waals surface area contributed by atoms with Crippen LogP contribution in [0.25, 0.3) is 0 Å². The molecule has 0 aliphatic carbocycles. The zero-order chi connectivity index (χ0) is 24.2. The Labute approximate surface area is 194 Å². The van der Waals surface area contributed by atoms with Crippen molar-refractivity contribution in [2.45, 2.75) is 45.1 Å². The molecule has 1 aliphatic heterocycles. The molecule has 1 saturated heterocycles. The van der Waals surface area contributed by atoms with Crippen LogP contribution in [0.15, 0.2) is 29.2 Å². The molecule has 2 aromatic rings. The Hall–Kier alpha value is -2.85. The van der Waals surface area contributed by atoms with Crippen LogP contribution in [-0.4, -0.2) is 56.4 Å². The van der Waals surface area contributed by atoms with Crippen molar-refractivity contribution in [1.82, 2.24) is 14.6 Å². The minimum atomic E-state index is -4.00. The average Bonchev–Trinajstić information content (AvgIpc) is 3.12. The molecular formula is C23H31N3O6S. The zero-order valence-electron chi connectivity index (χ0n) is 19.4. The summed E-state index contributed by atoms with van der Waals surface area (Å²) in [6.07, 6.45) is 1.14. The first kappa shape index (κ1) is 24.8. The van der Waals surface area contributed by atoms with Crippen molar-refractivity contribution in [2.24, 2.45) is 5.92 Å². The van der Waals surface area contributed by atoms with E-state index in [9.17, 15) is 18.0 Å². The van der Waals surface area contributed by atoms with Gasteiger partial charge in [-0.3, -0.25) is 4.79 Å². The third-order valence-electron chi connectivity index (χ3n) is 5.75. The van der Waals surface area contributed by atoms with Crippen molar-refractivity contribution < 1.29 is 27.5 Å². The summed E-state index contributed by atoms with van der Waals surface area (Å²) in [7, 11) is -2.42. The van der Waals surface area contributed by atoms with Crippen LogP contribution in [0.2, 0.25) is 0 Å². The van der Waals surface area contributed by atoms with Gasteiger partial charge in [0.05, 0.1) is 19.6 Å². The lowest BCUT2D eigenvalue weighted by atomic mass is 9.99. The number of carbonyl (C=O) groups is 2. The van der Waals surface area contributed by atoms with Gasteiger partial charge < -0.3 is 19.8 Å². The number of rotatable bonds is 8. The maximum atomic E-state index is 13.5. The number of hydrogen-bond acceptors (Lipinski definition) is 6. The number of aromatic nitrogens is 1. The highest BCUT2D eigenvalue weighted by atomic mass is 32.2. The highest BCUT2D eigenvalue weighted by molar-refractivity contribution is 7.89. The summed E-state index contributed by atoms with van der Waals surface area (Å²) in [5.74, 6) is -0.662. The number of aryl methyl sites for hydroxylation is 2. The summed E-state index contributed by atoms with van der Waals surface area (Å²) in [6.45, 7) is 5.73. The van der Waals surface area contributed by atoms with Gasteiger partial charge in [0.15, 0.2) is 0 Å².